The average molecular weight is 218 g/mol. The van der Waals surface area contributed by atoms with Crippen molar-refractivity contribution in [3.05, 3.63) is 48.5 Å². The maximum atomic E-state index is 9.59. The second kappa shape index (κ2) is 4.33. The molecule has 0 spiro atoms. The quantitative estimate of drug-likeness (QED) is 0.595. The molecule has 0 radical (unpaired) electrons. The van der Waals surface area contributed by atoms with E-state index in [-0.39, 0.29) is 11.5 Å². The molecule has 15 heavy (non-hydrogen) atoms. The minimum absolute atomic E-state index is 0.186. The van der Waals surface area contributed by atoms with Gasteiger partial charge in [0.2, 0.25) is 0 Å². The van der Waals surface area contributed by atoms with Gasteiger partial charge in [-0.3, -0.25) is 0 Å². The molecular formula is C12H11O2P. The molecule has 0 saturated carbocycles. The van der Waals surface area contributed by atoms with Crippen molar-refractivity contribution in [3.63, 3.8) is 0 Å². The highest BCUT2D eigenvalue weighted by atomic mass is 31.1. The van der Waals surface area contributed by atoms with Crippen LogP contribution in [-0.2, 0) is 0 Å². The van der Waals surface area contributed by atoms with E-state index in [9.17, 15) is 10.2 Å². The predicted octanol–water partition coefficient (Wildman–Crippen LogP) is 1.73. The van der Waals surface area contributed by atoms with Crippen LogP contribution in [0.3, 0.4) is 0 Å². The van der Waals surface area contributed by atoms with E-state index in [1.807, 2.05) is 30.3 Å². The number of phenols is 2. The van der Waals surface area contributed by atoms with Gasteiger partial charge in [0, 0.05) is 5.30 Å². The summed E-state index contributed by atoms with van der Waals surface area (Å²) in [4.78, 5) is 0. The van der Waals surface area contributed by atoms with Gasteiger partial charge in [0.1, 0.15) is 11.5 Å². The van der Waals surface area contributed by atoms with Gasteiger partial charge < -0.3 is 10.2 Å². The third kappa shape index (κ3) is 2.48. The maximum Gasteiger partial charge on any atom is 0.123 e. The number of aromatic hydroxyl groups is 2. The Morgan fingerprint density at radius 1 is 0.867 bits per heavy atom. The molecule has 0 heterocycles. The van der Waals surface area contributed by atoms with Crippen molar-refractivity contribution in [3.8, 4) is 11.5 Å². The summed E-state index contributed by atoms with van der Waals surface area (Å²) in [5, 5.41) is 20.8. The van der Waals surface area contributed by atoms with E-state index in [1.165, 1.54) is 12.1 Å². The first-order valence-electron chi connectivity index (χ1n) is 4.60. The molecule has 2 rings (SSSR count). The van der Waals surface area contributed by atoms with Gasteiger partial charge in [0.15, 0.2) is 0 Å². The average Bonchev–Trinajstić information content (AvgIpc) is 2.25. The smallest absolute Gasteiger partial charge is 0.123 e. The molecule has 76 valence electrons. The SMILES string of the molecule is Oc1ccc(O)c(Pc2ccccc2)c1. The molecule has 2 nitrogen and oxygen atoms in total. The molecule has 0 aromatic heterocycles. The van der Waals surface area contributed by atoms with Gasteiger partial charge in [-0.2, -0.15) is 0 Å². The van der Waals surface area contributed by atoms with E-state index in [0.29, 0.717) is 8.58 Å². The highest BCUT2D eigenvalue weighted by molar-refractivity contribution is 7.55. The van der Waals surface area contributed by atoms with Crippen molar-refractivity contribution in [2.24, 2.45) is 0 Å². The Bertz CT molecular complexity index is 454. The minimum atomic E-state index is 0.186. The van der Waals surface area contributed by atoms with Crippen LogP contribution in [0.1, 0.15) is 0 Å². The zero-order valence-electron chi connectivity index (χ0n) is 8.01. The summed E-state index contributed by atoms with van der Waals surface area (Å²) >= 11 is 0. The van der Waals surface area contributed by atoms with E-state index in [2.05, 4.69) is 0 Å². The molecule has 0 fully saturated rings. The van der Waals surface area contributed by atoms with Crippen LogP contribution in [0, 0.1) is 0 Å². The summed E-state index contributed by atoms with van der Waals surface area (Å²) in [5.74, 6) is 0.418. The van der Waals surface area contributed by atoms with Crippen LogP contribution in [0.5, 0.6) is 11.5 Å². The highest BCUT2D eigenvalue weighted by Crippen LogP contribution is 2.21. The van der Waals surface area contributed by atoms with Crippen LogP contribution in [0.25, 0.3) is 0 Å². The second-order valence-electron chi connectivity index (χ2n) is 3.19. The summed E-state index contributed by atoms with van der Waals surface area (Å²) < 4.78 is 0. The standard InChI is InChI=1S/C12H11O2P/c13-9-6-7-11(14)12(8-9)15-10-4-2-1-3-5-10/h1-8,13-15H. The molecule has 0 amide bonds. The molecule has 0 saturated heterocycles. The normalized spacial score (nSPS) is 10.9. The van der Waals surface area contributed by atoms with Gasteiger partial charge in [0.25, 0.3) is 0 Å². The molecule has 1 atom stereocenters. The summed E-state index contributed by atoms with van der Waals surface area (Å²) in [6, 6.07) is 14.5. The molecule has 1 unspecified atom stereocenters. The monoisotopic (exact) mass is 218 g/mol. The summed E-state index contributed by atoms with van der Waals surface area (Å²) in [7, 11) is 0.362. The lowest BCUT2D eigenvalue weighted by atomic mass is 10.3. The first kappa shape index (κ1) is 10.0. The van der Waals surface area contributed by atoms with Crippen LogP contribution in [0.15, 0.2) is 48.5 Å². The second-order valence-corrected chi connectivity index (χ2v) is 4.56. The molecule has 2 aromatic rings. The van der Waals surface area contributed by atoms with E-state index in [4.69, 9.17) is 0 Å². The Morgan fingerprint density at radius 3 is 2.33 bits per heavy atom. The van der Waals surface area contributed by atoms with Crippen molar-refractivity contribution in [1.82, 2.24) is 0 Å². The minimum Gasteiger partial charge on any atom is -0.508 e. The van der Waals surface area contributed by atoms with Gasteiger partial charge in [-0.1, -0.05) is 38.9 Å². The van der Waals surface area contributed by atoms with Crippen molar-refractivity contribution >= 4 is 19.2 Å². The van der Waals surface area contributed by atoms with Crippen LogP contribution in [0.2, 0.25) is 0 Å². The van der Waals surface area contributed by atoms with Crippen molar-refractivity contribution in [2.75, 3.05) is 0 Å². The van der Waals surface area contributed by atoms with E-state index < -0.39 is 0 Å². The van der Waals surface area contributed by atoms with Gasteiger partial charge >= 0.3 is 0 Å². The molecule has 0 aliphatic carbocycles. The summed E-state index contributed by atoms with van der Waals surface area (Å²) in [6.07, 6.45) is 0. The van der Waals surface area contributed by atoms with Gasteiger partial charge in [0.05, 0.1) is 0 Å². The lowest BCUT2D eigenvalue weighted by Crippen LogP contribution is -2.02. The fourth-order valence-electron chi connectivity index (χ4n) is 1.30. The molecule has 3 heteroatoms. The highest BCUT2D eigenvalue weighted by Gasteiger charge is 2.03. The molecule has 2 N–H and O–H groups in total. The van der Waals surface area contributed by atoms with Gasteiger partial charge in [-0.25, -0.2) is 0 Å². The number of benzene rings is 2. The third-order valence-electron chi connectivity index (χ3n) is 2.03. The Labute approximate surface area is 90.0 Å². The maximum absolute atomic E-state index is 9.59. The third-order valence-corrected chi connectivity index (χ3v) is 3.32. The number of hydrogen-bond donors (Lipinski definition) is 2. The topological polar surface area (TPSA) is 40.5 Å². The van der Waals surface area contributed by atoms with E-state index in [0.717, 1.165) is 10.6 Å². The van der Waals surface area contributed by atoms with Crippen molar-refractivity contribution in [2.45, 2.75) is 0 Å². The first-order valence-corrected chi connectivity index (χ1v) is 5.60. The van der Waals surface area contributed by atoms with Crippen LogP contribution in [0.4, 0.5) is 0 Å². The molecule has 0 aliphatic heterocycles. The summed E-state index contributed by atoms with van der Waals surface area (Å²) in [6.45, 7) is 0. The van der Waals surface area contributed by atoms with Crippen LogP contribution in [-0.4, -0.2) is 10.2 Å². The molecule has 0 bridgehead atoms. The van der Waals surface area contributed by atoms with Gasteiger partial charge in [-0.15, -0.1) is 0 Å². The Balaban J connectivity index is 2.28. The van der Waals surface area contributed by atoms with Crippen LogP contribution >= 0.6 is 8.58 Å². The fraction of sp³-hybridized carbons (Fsp3) is 0. The van der Waals surface area contributed by atoms with E-state index >= 15 is 0 Å². The van der Waals surface area contributed by atoms with Crippen LogP contribution < -0.4 is 10.6 Å². The Kier molecular flexibility index (Phi) is 2.89. The predicted molar refractivity (Wildman–Crippen MR) is 63.8 cm³/mol. The fourth-order valence-corrected chi connectivity index (χ4v) is 2.40. The molecule has 2 aromatic carbocycles. The molecular weight excluding hydrogens is 207 g/mol. The zero-order chi connectivity index (χ0) is 10.7. The molecule has 0 aliphatic rings. The van der Waals surface area contributed by atoms with Crippen molar-refractivity contribution in [1.29, 1.82) is 0 Å². The van der Waals surface area contributed by atoms with Gasteiger partial charge in [-0.05, 0) is 23.5 Å². The number of hydrogen-bond acceptors (Lipinski definition) is 2. The Hall–Kier alpha value is -1.53. The summed E-state index contributed by atoms with van der Waals surface area (Å²) in [5.41, 5.74) is 0. The zero-order valence-corrected chi connectivity index (χ0v) is 9.01. The lowest BCUT2D eigenvalue weighted by Gasteiger charge is -2.05. The Morgan fingerprint density at radius 2 is 1.60 bits per heavy atom. The van der Waals surface area contributed by atoms with E-state index in [1.54, 1.807) is 6.07 Å². The number of rotatable bonds is 2. The van der Waals surface area contributed by atoms with Crippen molar-refractivity contribution < 1.29 is 10.2 Å². The number of phenolic OH excluding ortho intramolecular Hbond substituents is 2. The largest absolute Gasteiger partial charge is 0.508 e. The lowest BCUT2D eigenvalue weighted by molar-refractivity contribution is 0.464. The first-order chi connectivity index (χ1) is 7.25.